The van der Waals surface area contributed by atoms with Gasteiger partial charge in [0.2, 0.25) is 11.9 Å². The minimum atomic E-state index is -0.747. The Morgan fingerprint density at radius 2 is 1.83 bits per heavy atom. The molecule has 12 heteroatoms. The molecule has 0 bridgehead atoms. The Bertz CT molecular complexity index is 1270. The monoisotopic (exact) mass is 497 g/mol. The molecule has 1 aliphatic heterocycles. The van der Waals surface area contributed by atoms with Crippen LogP contribution in [-0.2, 0) is 4.79 Å². The number of piperidine rings is 1. The average molecular weight is 498 g/mol. The Hall–Kier alpha value is -3.80. The Morgan fingerprint density at radius 1 is 1.14 bits per heavy atom. The number of nitrogens with zero attached hydrogens (tertiary/aromatic N) is 4. The average Bonchev–Trinajstić information content (AvgIpc) is 3.25. The third-order valence-electron chi connectivity index (χ3n) is 6.42. The fourth-order valence-electron chi connectivity index (χ4n) is 4.22. The highest BCUT2D eigenvalue weighted by molar-refractivity contribution is 7.22. The van der Waals surface area contributed by atoms with Crippen molar-refractivity contribution in [3.05, 3.63) is 30.1 Å². The Balaban J connectivity index is 1.58. The van der Waals surface area contributed by atoms with Gasteiger partial charge in [0.15, 0.2) is 5.13 Å². The molecule has 11 nitrogen and oxygen atoms in total. The van der Waals surface area contributed by atoms with E-state index in [0.29, 0.717) is 76.9 Å². The van der Waals surface area contributed by atoms with E-state index in [0.717, 1.165) is 0 Å². The molecule has 3 aromatic rings. The largest absolute Gasteiger partial charge is 0.481 e. The van der Waals surface area contributed by atoms with Crippen molar-refractivity contribution >= 4 is 50.5 Å². The summed E-state index contributed by atoms with van der Waals surface area (Å²) in [7, 11) is 0. The van der Waals surface area contributed by atoms with E-state index in [1.54, 1.807) is 24.5 Å². The zero-order valence-electron chi connectivity index (χ0n) is 19.5. The maximum atomic E-state index is 12.1. The summed E-state index contributed by atoms with van der Waals surface area (Å²) in [5.74, 6) is -0.821. The van der Waals surface area contributed by atoms with E-state index in [-0.39, 0.29) is 6.03 Å². The summed E-state index contributed by atoms with van der Waals surface area (Å²) in [6, 6.07) is 3.08. The number of carboxylic acids is 1. The number of fused-ring (bicyclic) bond motifs is 1. The van der Waals surface area contributed by atoms with Crippen LogP contribution in [0.1, 0.15) is 43.5 Å². The van der Waals surface area contributed by atoms with Gasteiger partial charge in [-0.25, -0.2) is 19.7 Å². The molecule has 1 saturated heterocycles. The maximum Gasteiger partial charge on any atom is 0.321 e. The molecule has 0 spiro atoms. The summed E-state index contributed by atoms with van der Waals surface area (Å²) in [6.07, 6.45) is 5.00. The van der Waals surface area contributed by atoms with Gasteiger partial charge < -0.3 is 21.1 Å². The molecule has 0 saturated carbocycles. The van der Waals surface area contributed by atoms with Crippen LogP contribution in [0.3, 0.4) is 0 Å². The Kier molecular flexibility index (Phi) is 6.83. The lowest BCUT2D eigenvalue weighted by Gasteiger charge is -2.38. The smallest absolute Gasteiger partial charge is 0.321 e. The first kappa shape index (κ1) is 24.3. The van der Waals surface area contributed by atoms with Crippen molar-refractivity contribution in [2.75, 3.05) is 29.9 Å². The summed E-state index contributed by atoms with van der Waals surface area (Å²) >= 11 is 1.17. The van der Waals surface area contributed by atoms with E-state index in [1.165, 1.54) is 11.3 Å². The number of hydrogen-bond donors (Lipinski definition) is 4. The van der Waals surface area contributed by atoms with Gasteiger partial charge in [-0.05, 0) is 43.9 Å². The predicted octanol–water partition coefficient (Wildman–Crippen LogP) is 3.07. The number of aliphatic carboxylic acids is 1. The number of primary amides is 1. The second-order valence-electron chi connectivity index (χ2n) is 8.44. The van der Waals surface area contributed by atoms with Crippen LogP contribution in [0, 0.1) is 5.41 Å². The zero-order chi connectivity index (χ0) is 25.2. The van der Waals surface area contributed by atoms with E-state index in [4.69, 9.17) is 5.73 Å². The number of nitrogens with two attached hydrogens (primary N) is 1. The van der Waals surface area contributed by atoms with E-state index in [2.05, 4.69) is 25.6 Å². The SMILES string of the molecule is CCNC(=O)Nc1nc2cc(-c3cnc(N4CCC(CC)(C(=O)O)CC4)nc3)cc(C(N)=O)c2s1. The van der Waals surface area contributed by atoms with Gasteiger partial charge in [-0.3, -0.25) is 14.9 Å². The second kappa shape index (κ2) is 9.82. The summed E-state index contributed by atoms with van der Waals surface area (Å²) in [4.78, 5) is 51.1. The predicted molar refractivity (Wildman–Crippen MR) is 134 cm³/mol. The van der Waals surface area contributed by atoms with Gasteiger partial charge in [-0.15, -0.1) is 0 Å². The molecular weight excluding hydrogens is 470 g/mol. The summed E-state index contributed by atoms with van der Waals surface area (Å²) in [5.41, 5.74) is 7.10. The molecule has 0 radical (unpaired) electrons. The number of carbonyl (C=O) groups is 3. The Morgan fingerprint density at radius 3 is 2.40 bits per heavy atom. The number of hydrogen-bond acceptors (Lipinski definition) is 8. The summed E-state index contributed by atoms with van der Waals surface area (Å²) in [5, 5.41) is 15.2. The highest BCUT2D eigenvalue weighted by Gasteiger charge is 2.40. The lowest BCUT2D eigenvalue weighted by molar-refractivity contribution is -0.150. The van der Waals surface area contributed by atoms with Crippen LogP contribution in [0.2, 0.25) is 0 Å². The lowest BCUT2D eigenvalue weighted by atomic mass is 9.76. The number of anilines is 2. The number of amides is 3. The van der Waals surface area contributed by atoms with Crippen LogP contribution in [0.15, 0.2) is 24.5 Å². The van der Waals surface area contributed by atoms with Gasteiger partial charge in [0.1, 0.15) is 0 Å². The fourth-order valence-corrected chi connectivity index (χ4v) is 5.18. The standard InChI is InChI=1S/C23H27N7O4S/c1-3-23(19(32)33)5-7-30(8-6-23)20-26-11-14(12-27-20)13-9-15(18(24)31)17-16(10-13)28-22(35-17)29-21(34)25-4-2/h9-12H,3-8H2,1-2H3,(H2,24,31)(H,32,33)(H2,25,28,29,34). The van der Waals surface area contributed by atoms with Gasteiger partial charge in [0.05, 0.1) is 21.2 Å². The molecular formula is C23H27N7O4S. The van der Waals surface area contributed by atoms with Gasteiger partial charge in [-0.2, -0.15) is 0 Å². The van der Waals surface area contributed by atoms with E-state index in [9.17, 15) is 19.5 Å². The van der Waals surface area contributed by atoms with Gasteiger partial charge in [0, 0.05) is 37.6 Å². The molecule has 5 N–H and O–H groups in total. The van der Waals surface area contributed by atoms with Crippen LogP contribution in [0.4, 0.5) is 15.9 Å². The number of carboxylic acid groups (broad SMARTS) is 1. The van der Waals surface area contributed by atoms with E-state index >= 15 is 0 Å². The van der Waals surface area contributed by atoms with Gasteiger partial charge in [-0.1, -0.05) is 18.3 Å². The number of aromatic nitrogens is 3. The summed E-state index contributed by atoms with van der Waals surface area (Å²) in [6.45, 7) is 5.32. The highest BCUT2D eigenvalue weighted by atomic mass is 32.1. The van der Waals surface area contributed by atoms with Crippen LogP contribution < -0.4 is 21.3 Å². The lowest BCUT2D eigenvalue weighted by Crippen LogP contribution is -2.44. The molecule has 0 atom stereocenters. The molecule has 1 aliphatic rings. The second-order valence-corrected chi connectivity index (χ2v) is 9.44. The van der Waals surface area contributed by atoms with Crippen LogP contribution >= 0.6 is 11.3 Å². The molecule has 1 aromatic carbocycles. The fraction of sp³-hybridized carbons (Fsp3) is 0.391. The molecule has 1 fully saturated rings. The minimum absolute atomic E-state index is 0.295. The van der Waals surface area contributed by atoms with Crippen LogP contribution in [-0.4, -0.2) is 57.6 Å². The van der Waals surface area contributed by atoms with Gasteiger partial charge in [0.25, 0.3) is 0 Å². The molecule has 4 rings (SSSR count). The topological polar surface area (TPSA) is 163 Å². The molecule has 2 aromatic heterocycles. The third kappa shape index (κ3) is 4.87. The summed E-state index contributed by atoms with van der Waals surface area (Å²) < 4.78 is 0.580. The zero-order valence-corrected chi connectivity index (χ0v) is 20.3. The van der Waals surface area contributed by atoms with Crippen molar-refractivity contribution in [3.63, 3.8) is 0 Å². The number of rotatable bonds is 7. The highest BCUT2D eigenvalue weighted by Crippen LogP contribution is 2.37. The number of benzene rings is 1. The first-order chi connectivity index (χ1) is 16.8. The number of carbonyl (C=O) groups excluding carboxylic acids is 2. The number of thiazole rings is 1. The number of urea groups is 1. The first-order valence-corrected chi connectivity index (χ1v) is 12.2. The van der Waals surface area contributed by atoms with Crippen LogP contribution in [0.5, 0.6) is 0 Å². The van der Waals surface area contributed by atoms with Crippen molar-refractivity contribution in [2.24, 2.45) is 11.1 Å². The van der Waals surface area contributed by atoms with Gasteiger partial charge >= 0.3 is 12.0 Å². The number of nitrogens with one attached hydrogen (secondary N) is 2. The molecule has 3 amide bonds. The molecule has 0 unspecified atom stereocenters. The quantitative estimate of drug-likeness (QED) is 0.387. The van der Waals surface area contributed by atoms with Crippen LogP contribution in [0.25, 0.3) is 21.3 Å². The Labute approximate surface area is 205 Å². The van der Waals surface area contributed by atoms with Crippen molar-refractivity contribution in [3.8, 4) is 11.1 Å². The molecule has 3 heterocycles. The normalized spacial score (nSPS) is 15.1. The van der Waals surface area contributed by atoms with E-state index < -0.39 is 17.3 Å². The minimum Gasteiger partial charge on any atom is -0.481 e. The molecule has 0 aliphatic carbocycles. The third-order valence-corrected chi connectivity index (χ3v) is 7.44. The molecule has 184 valence electrons. The van der Waals surface area contributed by atoms with E-state index in [1.807, 2.05) is 18.7 Å². The van der Waals surface area contributed by atoms with Crippen molar-refractivity contribution in [1.29, 1.82) is 0 Å². The maximum absolute atomic E-state index is 12.1. The van der Waals surface area contributed by atoms with Crippen molar-refractivity contribution in [2.45, 2.75) is 33.1 Å². The van der Waals surface area contributed by atoms with Crippen molar-refractivity contribution < 1.29 is 19.5 Å². The van der Waals surface area contributed by atoms with Crippen molar-refractivity contribution in [1.82, 2.24) is 20.3 Å². The first-order valence-electron chi connectivity index (χ1n) is 11.4. The molecule has 35 heavy (non-hydrogen) atoms.